The Balaban J connectivity index is 1.54. The van der Waals surface area contributed by atoms with Gasteiger partial charge in [0.05, 0.1) is 12.8 Å². The Morgan fingerprint density at radius 1 is 0.967 bits per heavy atom. The number of nitrogens with zero attached hydrogens (tertiary/aromatic N) is 4. The molecule has 7 heteroatoms. The van der Waals surface area contributed by atoms with Gasteiger partial charge >= 0.3 is 0 Å². The quantitative estimate of drug-likeness (QED) is 0.411. The molecule has 0 unspecified atom stereocenters. The number of carbonyl (C=O) groups excluding carboxylic acids is 1. The second-order valence-electron chi connectivity index (χ2n) is 7.04. The third kappa shape index (κ3) is 4.46. The fourth-order valence-corrected chi connectivity index (χ4v) is 3.94. The number of benzene rings is 2. The Bertz CT molecular complexity index is 1100. The van der Waals surface area contributed by atoms with Gasteiger partial charge in [0.25, 0.3) is 5.91 Å². The number of carbonyl (C=O) groups is 1. The van der Waals surface area contributed by atoms with Crippen LogP contribution in [0.4, 0.5) is 0 Å². The number of amides is 1. The summed E-state index contributed by atoms with van der Waals surface area (Å²) < 4.78 is 7.63. The number of thioether (sulfide) groups is 1. The van der Waals surface area contributed by atoms with Crippen molar-refractivity contribution in [2.45, 2.75) is 17.5 Å². The molecule has 0 spiro atoms. The van der Waals surface area contributed by atoms with Gasteiger partial charge in [-0.05, 0) is 35.4 Å². The molecule has 2 aromatic carbocycles. The summed E-state index contributed by atoms with van der Waals surface area (Å²) in [4.78, 5) is 13.6. The van der Waals surface area contributed by atoms with Gasteiger partial charge in [0.15, 0.2) is 10.9 Å². The summed E-state index contributed by atoms with van der Waals surface area (Å²) in [6, 6.07) is 21.6. The van der Waals surface area contributed by atoms with Crippen LogP contribution in [0.5, 0.6) is 0 Å². The Kier molecular flexibility index (Phi) is 5.99. The maximum atomic E-state index is 12.1. The molecular formula is C23H22N4O2S. The van der Waals surface area contributed by atoms with Gasteiger partial charge in [0, 0.05) is 25.4 Å². The molecule has 30 heavy (non-hydrogen) atoms. The van der Waals surface area contributed by atoms with E-state index in [2.05, 4.69) is 26.9 Å². The van der Waals surface area contributed by atoms with Gasteiger partial charge in [-0.3, -0.25) is 9.36 Å². The van der Waals surface area contributed by atoms with Crippen LogP contribution in [0, 0.1) is 0 Å². The normalized spacial score (nSPS) is 10.9. The Labute approximate surface area is 179 Å². The Morgan fingerprint density at radius 3 is 2.40 bits per heavy atom. The van der Waals surface area contributed by atoms with Crippen LogP contribution in [0.1, 0.15) is 21.5 Å². The van der Waals surface area contributed by atoms with Gasteiger partial charge in [0.1, 0.15) is 0 Å². The van der Waals surface area contributed by atoms with Crippen LogP contribution in [0.15, 0.2) is 82.6 Å². The van der Waals surface area contributed by atoms with Crippen LogP contribution in [-0.2, 0) is 12.3 Å². The predicted octanol–water partition coefficient (Wildman–Crippen LogP) is 4.58. The van der Waals surface area contributed by atoms with Crippen molar-refractivity contribution in [3.63, 3.8) is 0 Å². The molecule has 0 aliphatic rings. The zero-order valence-corrected chi connectivity index (χ0v) is 17.7. The number of rotatable bonds is 7. The molecule has 0 saturated heterocycles. The standard InChI is InChI=1S/C23H22N4O2S/c1-26(2)22(28)19-12-10-18(11-13-19)16-30-23-25-24-21(20-9-6-14-29-20)27(23)15-17-7-4-3-5-8-17/h3-14H,15-16H2,1-2H3. The summed E-state index contributed by atoms with van der Waals surface area (Å²) >= 11 is 1.61. The fraction of sp³-hybridized carbons (Fsp3) is 0.174. The average molecular weight is 419 g/mol. The van der Waals surface area contributed by atoms with Crippen molar-refractivity contribution in [2.75, 3.05) is 14.1 Å². The summed E-state index contributed by atoms with van der Waals surface area (Å²) in [6.45, 7) is 0.655. The van der Waals surface area contributed by atoms with E-state index in [-0.39, 0.29) is 5.91 Å². The molecule has 4 rings (SSSR count). The van der Waals surface area contributed by atoms with Crippen molar-refractivity contribution in [3.05, 3.63) is 89.7 Å². The highest BCUT2D eigenvalue weighted by Crippen LogP contribution is 2.27. The molecule has 0 bridgehead atoms. The van der Waals surface area contributed by atoms with Crippen molar-refractivity contribution < 1.29 is 9.21 Å². The third-order valence-corrected chi connectivity index (χ3v) is 5.65. The van der Waals surface area contributed by atoms with E-state index in [1.165, 1.54) is 5.56 Å². The molecular weight excluding hydrogens is 396 g/mol. The fourth-order valence-electron chi connectivity index (χ4n) is 3.04. The van der Waals surface area contributed by atoms with E-state index in [0.29, 0.717) is 23.7 Å². The lowest BCUT2D eigenvalue weighted by Gasteiger charge is -2.11. The van der Waals surface area contributed by atoms with Gasteiger partial charge in [0.2, 0.25) is 5.82 Å². The van der Waals surface area contributed by atoms with Crippen molar-refractivity contribution in [1.82, 2.24) is 19.7 Å². The summed E-state index contributed by atoms with van der Waals surface area (Å²) in [5, 5.41) is 9.60. The Hall–Kier alpha value is -3.32. The van der Waals surface area contributed by atoms with Crippen molar-refractivity contribution in [2.24, 2.45) is 0 Å². The Morgan fingerprint density at radius 2 is 1.73 bits per heavy atom. The second-order valence-corrected chi connectivity index (χ2v) is 7.98. The molecule has 2 aromatic heterocycles. The van der Waals surface area contributed by atoms with E-state index in [9.17, 15) is 4.79 Å². The van der Waals surface area contributed by atoms with E-state index in [4.69, 9.17) is 4.42 Å². The molecule has 0 N–H and O–H groups in total. The van der Waals surface area contributed by atoms with Crippen LogP contribution in [0.2, 0.25) is 0 Å². The molecule has 0 atom stereocenters. The first kappa shape index (κ1) is 20.0. The first-order chi connectivity index (χ1) is 14.6. The van der Waals surface area contributed by atoms with E-state index in [1.54, 1.807) is 37.0 Å². The lowest BCUT2D eigenvalue weighted by molar-refractivity contribution is 0.0827. The van der Waals surface area contributed by atoms with E-state index < -0.39 is 0 Å². The third-order valence-electron chi connectivity index (χ3n) is 4.62. The minimum atomic E-state index is -0.0000955. The van der Waals surface area contributed by atoms with Crippen LogP contribution < -0.4 is 0 Å². The van der Waals surface area contributed by atoms with Crippen LogP contribution in [0.25, 0.3) is 11.6 Å². The van der Waals surface area contributed by atoms with E-state index in [1.807, 2.05) is 54.6 Å². The molecule has 0 fully saturated rings. The molecule has 4 aromatic rings. The molecule has 0 saturated carbocycles. The van der Waals surface area contributed by atoms with Crippen LogP contribution in [0.3, 0.4) is 0 Å². The summed E-state index contributed by atoms with van der Waals surface area (Å²) in [7, 11) is 3.50. The molecule has 152 valence electrons. The van der Waals surface area contributed by atoms with Gasteiger partial charge in [-0.15, -0.1) is 10.2 Å². The van der Waals surface area contributed by atoms with E-state index >= 15 is 0 Å². The monoisotopic (exact) mass is 418 g/mol. The average Bonchev–Trinajstić information content (AvgIpc) is 3.43. The minimum Gasteiger partial charge on any atom is -0.461 e. The maximum Gasteiger partial charge on any atom is 0.253 e. The van der Waals surface area contributed by atoms with Crippen molar-refractivity contribution in [3.8, 4) is 11.6 Å². The highest BCUT2D eigenvalue weighted by Gasteiger charge is 2.17. The van der Waals surface area contributed by atoms with Crippen LogP contribution >= 0.6 is 11.8 Å². The largest absolute Gasteiger partial charge is 0.461 e. The maximum absolute atomic E-state index is 12.1. The molecule has 0 aliphatic heterocycles. The lowest BCUT2D eigenvalue weighted by atomic mass is 10.1. The number of hydrogen-bond acceptors (Lipinski definition) is 5. The minimum absolute atomic E-state index is 0.0000955. The highest BCUT2D eigenvalue weighted by atomic mass is 32.2. The van der Waals surface area contributed by atoms with Crippen LogP contribution in [-0.4, -0.2) is 39.7 Å². The molecule has 1 amide bonds. The SMILES string of the molecule is CN(C)C(=O)c1ccc(CSc2nnc(-c3ccco3)n2Cc2ccccc2)cc1. The van der Waals surface area contributed by atoms with Gasteiger partial charge in [-0.2, -0.15) is 0 Å². The summed E-state index contributed by atoms with van der Waals surface area (Å²) in [5.41, 5.74) is 2.96. The molecule has 0 radical (unpaired) electrons. The zero-order valence-electron chi connectivity index (χ0n) is 16.9. The second kappa shape index (κ2) is 9.00. The number of furan rings is 1. The zero-order chi connectivity index (χ0) is 20.9. The molecule has 0 aliphatic carbocycles. The van der Waals surface area contributed by atoms with Gasteiger partial charge in [-0.1, -0.05) is 54.2 Å². The highest BCUT2D eigenvalue weighted by molar-refractivity contribution is 7.98. The smallest absolute Gasteiger partial charge is 0.253 e. The summed E-state index contributed by atoms with van der Waals surface area (Å²) in [6.07, 6.45) is 1.64. The predicted molar refractivity (Wildman–Crippen MR) is 117 cm³/mol. The van der Waals surface area contributed by atoms with Crippen molar-refractivity contribution in [1.29, 1.82) is 0 Å². The first-order valence-corrected chi connectivity index (χ1v) is 10.5. The first-order valence-electron chi connectivity index (χ1n) is 9.56. The molecule has 2 heterocycles. The number of hydrogen-bond donors (Lipinski definition) is 0. The van der Waals surface area contributed by atoms with Gasteiger partial charge in [-0.25, -0.2) is 0 Å². The topological polar surface area (TPSA) is 64.2 Å². The van der Waals surface area contributed by atoms with Gasteiger partial charge < -0.3 is 9.32 Å². The summed E-state index contributed by atoms with van der Waals surface area (Å²) in [5.74, 6) is 2.12. The van der Waals surface area contributed by atoms with E-state index in [0.717, 1.165) is 16.5 Å². The van der Waals surface area contributed by atoms with Crippen molar-refractivity contribution >= 4 is 17.7 Å². The number of aromatic nitrogens is 3. The lowest BCUT2D eigenvalue weighted by Crippen LogP contribution is -2.21. The molecule has 6 nitrogen and oxygen atoms in total.